The van der Waals surface area contributed by atoms with Crippen molar-refractivity contribution in [1.82, 2.24) is 4.90 Å². The molecule has 0 radical (unpaired) electrons. The molecule has 0 aliphatic carbocycles. The number of likely N-dealkylation sites (tertiary alicyclic amines) is 1. The first kappa shape index (κ1) is 29.2. The third kappa shape index (κ3) is 7.24. The van der Waals surface area contributed by atoms with E-state index in [0.717, 1.165) is 5.56 Å². The number of carbonyl (C=O) groups excluding carboxylic acids is 2. The zero-order valence-electron chi connectivity index (χ0n) is 23.0. The molecule has 4 rings (SSSR count). The number of benzene rings is 3. The van der Waals surface area contributed by atoms with Gasteiger partial charge in [-0.15, -0.1) is 0 Å². The quantitative estimate of drug-likeness (QED) is 0.319. The molecule has 1 aliphatic heterocycles. The average molecular weight is 566 g/mol. The number of nitrogens with one attached hydrogen (secondary N) is 2. The molecule has 216 valence electrons. The minimum Gasteiger partial charge on any atom is -0.495 e. The fourth-order valence-corrected chi connectivity index (χ4v) is 4.64. The van der Waals surface area contributed by atoms with Crippen LogP contribution < -0.4 is 24.8 Å². The second-order valence-electron chi connectivity index (χ2n) is 9.62. The molecule has 1 aliphatic rings. The molecule has 3 amide bonds. The molecule has 1 heterocycles. The summed E-state index contributed by atoms with van der Waals surface area (Å²) in [6, 6.07) is 15.6. The Hall–Kier alpha value is -4.80. The lowest BCUT2D eigenvalue weighted by molar-refractivity contribution is -0.132. The molecule has 1 fully saturated rings. The van der Waals surface area contributed by atoms with E-state index in [2.05, 4.69) is 10.6 Å². The zero-order valence-corrected chi connectivity index (χ0v) is 23.0. The molecule has 0 bridgehead atoms. The highest BCUT2D eigenvalue weighted by atomic mass is 19.1. The maximum absolute atomic E-state index is 14.4. The van der Waals surface area contributed by atoms with Crippen LogP contribution in [-0.2, 0) is 11.2 Å². The van der Waals surface area contributed by atoms with E-state index in [1.807, 2.05) is 25.1 Å². The molecule has 0 aromatic heterocycles. The number of carbonyl (C=O) groups is 3. The molecule has 1 saturated heterocycles. The standard InChI is InChI=1S/C30H32FN3O7/c1-18-6-4-5-7-23(18)32-30(38)33-24-10-8-19(12-26(24)39-2)13-28(35)34-16-21(31)15-22(34)17-41-25-11-9-20(29(36)37)14-27(25)40-3/h4-12,14,21-22H,13,15-17H2,1-3H3,(H,36,37)(H2,32,33,38). The number of aryl methyl sites for hydroxylation is 1. The van der Waals surface area contributed by atoms with Gasteiger partial charge in [-0.25, -0.2) is 14.0 Å². The Morgan fingerprint density at radius 2 is 1.68 bits per heavy atom. The molecule has 10 nitrogen and oxygen atoms in total. The number of alkyl halides is 1. The summed E-state index contributed by atoms with van der Waals surface area (Å²) < 4.78 is 30.9. The van der Waals surface area contributed by atoms with Gasteiger partial charge in [0.25, 0.3) is 0 Å². The third-order valence-corrected chi connectivity index (χ3v) is 6.79. The molecule has 3 aromatic rings. The van der Waals surface area contributed by atoms with Gasteiger partial charge in [0.15, 0.2) is 11.5 Å². The van der Waals surface area contributed by atoms with Gasteiger partial charge in [-0.05, 0) is 54.4 Å². The number of urea groups is 1. The summed E-state index contributed by atoms with van der Waals surface area (Å²) >= 11 is 0. The first-order valence-corrected chi connectivity index (χ1v) is 13.0. The lowest BCUT2D eigenvalue weighted by atomic mass is 10.1. The van der Waals surface area contributed by atoms with Crippen molar-refractivity contribution in [2.24, 2.45) is 0 Å². The van der Waals surface area contributed by atoms with E-state index in [1.54, 1.807) is 24.3 Å². The normalized spacial score (nSPS) is 16.1. The fourth-order valence-electron chi connectivity index (χ4n) is 4.64. The number of para-hydroxylation sites is 1. The summed E-state index contributed by atoms with van der Waals surface area (Å²) in [7, 11) is 2.85. The average Bonchev–Trinajstić information content (AvgIpc) is 3.34. The van der Waals surface area contributed by atoms with Gasteiger partial charge in [0.05, 0.1) is 44.5 Å². The summed E-state index contributed by atoms with van der Waals surface area (Å²) in [5, 5.41) is 14.7. The highest BCUT2D eigenvalue weighted by Gasteiger charge is 2.36. The highest BCUT2D eigenvalue weighted by Crippen LogP contribution is 2.31. The van der Waals surface area contributed by atoms with Crippen molar-refractivity contribution < 1.29 is 38.1 Å². The number of carboxylic acid groups (broad SMARTS) is 1. The van der Waals surface area contributed by atoms with Crippen LogP contribution in [-0.4, -0.2) is 67.5 Å². The minimum absolute atomic E-state index is 0.00804. The summed E-state index contributed by atoms with van der Waals surface area (Å²) in [6.07, 6.45) is -1.09. The first-order chi connectivity index (χ1) is 19.7. The third-order valence-electron chi connectivity index (χ3n) is 6.79. The Labute approximate surface area is 237 Å². The van der Waals surface area contributed by atoms with Crippen LogP contribution >= 0.6 is 0 Å². The van der Waals surface area contributed by atoms with Gasteiger partial charge in [-0.3, -0.25) is 4.79 Å². The van der Waals surface area contributed by atoms with Crippen molar-refractivity contribution in [3.63, 3.8) is 0 Å². The van der Waals surface area contributed by atoms with Crippen LogP contribution in [0.15, 0.2) is 60.7 Å². The molecule has 0 spiro atoms. The number of ether oxygens (including phenoxy) is 3. The topological polar surface area (TPSA) is 126 Å². The summed E-state index contributed by atoms with van der Waals surface area (Å²) in [4.78, 5) is 38.4. The van der Waals surface area contributed by atoms with E-state index in [-0.39, 0.29) is 43.2 Å². The first-order valence-electron chi connectivity index (χ1n) is 13.0. The van der Waals surface area contributed by atoms with E-state index in [0.29, 0.717) is 28.4 Å². The lowest BCUT2D eigenvalue weighted by Crippen LogP contribution is -2.40. The number of nitrogens with zero attached hydrogens (tertiary/aromatic N) is 1. The van der Waals surface area contributed by atoms with Crippen molar-refractivity contribution in [2.75, 3.05) is 38.0 Å². The monoisotopic (exact) mass is 565 g/mol. The van der Waals surface area contributed by atoms with Crippen molar-refractivity contribution in [2.45, 2.75) is 32.0 Å². The summed E-state index contributed by atoms with van der Waals surface area (Å²) in [5.41, 5.74) is 2.69. The van der Waals surface area contributed by atoms with E-state index in [4.69, 9.17) is 14.2 Å². The summed E-state index contributed by atoms with van der Waals surface area (Å²) in [5.74, 6) is -0.491. The Morgan fingerprint density at radius 1 is 0.951 bits per heavy atom. The van der Waals surface area contributed by atoms with Crippen LogP contribution in [0, 0.1) is 6.92 Å². The molecule has 0 saturated carbocycles. The maximum Gasteiger partial charge on any atom is 0.335 e. The van der Waals surface area contributed by atoms with Crippen molar-refractivity contribution in [1.29, 1.82) is 0 Å². The van der Waals surface area contributed by atoms with Gasteiger partial charge in [-0.1, -0.05) is 24.3 Å². The minimum atomic E-state index is -1.20. The largest absolute Gasteiger partial charge is 0.495 e. The Bertz CT molecular complexity index is 1430. The van der Waals surface area contributed by atoms with E-state index in [9.17, 15) is 23.9 Å². The number of aromatic carboxylic acids is 1. The Morgan fingerprint density at radius 3 is 2.39 bits per heavy atom. The summed E-state index contributed by atoms with van der Waals surface area (Å²) in [6.45, 7) is 1.84. The molecular formula is C30H32FN3O7. The number of hydrogen-bond acceptors (Lipinski definition) is 6. The van der Waals surface area contributed by atoms with Crippen molar-refractivity contribution >= 4 is 29.3 Å². The van der Waals surface area contributed by atoms with Gasteiger partial charge < -0.3 is 34.9 Å². The van der Waals surface area contributed by atoms with Crippen LogP contribution in [0.4, 0.5) is 20.6 Å². The van der Waals surface area contributed by atoms with Crippen LogP contribution in [0.1, 0.15) is 27.9 Å². The van der Waals surface area contributed by atoms with Gasteiger partial charge in [0.1, 0.15) is 18.5 Å². The Kier molecular flexibility index (Phi) is 9.28. The van der Waals surface area contributed by atoms with E-state index in [1.165, 1.54) is 37.3 Å². The van der Waals surface area contributed by atoms with Crippen LogP contribution in [0.5, 0.6) is 17.2 Å². The molecule has 11 heteroatoms. The predicted octanol–water partition coefficient (Wildman–Crippen LogP) is 4.91. The highest BCUT2D eigenvalue weighted by molar-refractivity contribution is 6.01. The van der Waals surface area contributed by atoms with Gasteiger partial charge in [-0.2, -0.15) is 0 Å². The number of methoxy groups -OCH3 is 2. The zero-order chi connectivity index (χ0) is 29.5. The van der Waals surface area contributed by atoms with Crippen molar-refractivity contribution in [3.8, 4) is 17.2 Å². The van der Waals surface area contributed by atoms with Crippen LogP contribution in [0.3, 0.4) is 0 Å². The number of rotatable bonds is 10. The number of hydrogen-bond donors (Lipinski definition) is 3. The molecule has 3 aromatic carbocycles. The Balaban J connectivity index is 1.39. The number of anilines is 2. The molecule has 41 heavy (non-hydrogen) atoms. The van der Waals surface area contributed by atoms with E-state index >= 15 is 0 Å². The van der Waals surface area contributed by atoms with Crippen molar-refractivity contribution in [3.05, 3.63) is 77.4 Å². The second-order valence-corrected chi connectivity index (χ2v) is 9.62. The molecule has 3 N–H and O–H groups in total. The van der Waals surface area contributed by atoms with Crippen LogP contribution in [0.2, 0.25) is 0 Å². The predicted molar refractivity (Wildman–Crippen MR) is 151 cm³/mol. The molecule has 2 unspecified atom stereocenters. The van der Waals surface area contributed by atoms with E-state index < -0.39 is 24.2 Å². The number of carboxylic acids is 1. The fraction of sp³-hybridized carbons (Fsp3) is 0.300. The van der Waals surface area contributed by atoms with Gasteiger partial charge in [0.2, 0.25) is 5.91 Å². The molecule has 2 atom stereocenters. The SMILES string of the molecule is COc1cc(CC(=O)N2CC(F)CC2COc2ccc(C(=O)O)cc2OC)ccc1NC(=O)Nc1ccccc1C. The number of halogens is 1. The smallest absolute Gasteiger partial charge is 0.335 e. The molecular weight excluding hydrogens is 533 g/mol. The number of amides is 3. The second kappa shape index (κ2) is 13.0. The maximum atomic E-state index is 14.4. The van der Waals surface area contributed by atoms with Gasteiger partial charge in [0, 0.05) is 12.1 Å². The van der Waals surface area contributed by atoms with Gasteiger partial charge >= 0.3 is 12.0 Å². The van der Waals surface area contributed by atoms with Crippen LogP contribution in [0.25, 0.3) is 0 Å². The lowest BCUT2D eigenvalue weighted by Gasteiger charge is -2.25.